The largest absolute Gasteiger partial charge is 0.508 e. The average Bonchev–Trinajstić information content (AvgIpc) is 2.49. The molecule has 0 radical (unpaired) electrons. The van der Waals surface area contributed by atoms with Crippen molar-refractivity contribution in [2.75, 3.05) is 0 Å². The van der Waals surface area contributed by atoms with Crippen molar-refractivity contribution in [2.45, 2.75) is 58.2 Å². The van der Waals surface area contributed by atoms with E-state index >= 15 is 0 Å². The van der Waals surface area contributed by atoms with Gasteiger partial charge in [0.25, 0.3) is 0 Å². The summed E-state index contributed by atoms with van der Waals surface area (Å²) in [5.74, 6) is 2.11. The van der Waals surface area contributed by atoms with Gasteiger partial charge in [0.05, 0.1) is 10.6 Å². The lowest BCUT2D eigenvalue weighted by Gasteiger charge is -2.38. The molecule has 0 aliphatic heterocycles. The Morgan fingerprint density at radius 2 is 1.50 bits per heavy atom. The Labute approximate surface area is 161 Å². The van der Waals surface area contributed by atoms with Crippen LogP contribution in [0, 0.1) is 17.3 Å². The minimum Gasteiger partial charge on any atom is -0.508 e. The highest BCUT2D eigenvalue weighted by atomic mass is 35.5. The van der Waals surface area contributed by atoms with Crippen molar-refractivity contribution in [3.63, 3.8) is 0 Å². The van der Waals surface area contributed by atoms with Gasteiger partial charge in [0.2, 0.25) is 0 Å². The lowest BCUT2D eigenvalue weighted by Crippen LogP contribution is -2.43. The third kappa shape index (κ3) is 3.43. The first-order valence-corrected chi connectivity index (χ1v) is 11.5. The summed E-state index contributed by atoms with van der Waals surface area (Å²) in [5, 5.41) is 20.7. The molecule has 0 amide bonds. The van der Waals surface area contributed by atoms with E-state index in [9.17, 15) is 14.6 Å². The summed E-state index contributed by atoms with van der Waals surface area (Å²) in [6.45, 7) is 13.1. The molecule has 0 saturated carbocycles. The van der Waals surface area contributed by atoms with Crippen molar-refractivity contribution in [2.24, 2.45) is 0 Å². The van der Waals surface area contributed by atoms with Crippen LogP contribution < -0.4 is 0 Å². The smallest absolute Gasteiger partial charge is 0.158 e. The van der Waals surface area contributed by atoms with Gasteiger partial charge < -0.3 is 10.2 Å². The molecular weight excluding hydrogens is 367 g/mol. The van der Waals surface area contributed by atoms with Crippen LogP contribution in [0.3, 0.4) is 0 Å². The maximum absolute atomic E-state index is 14.8. The van der Waals surface area contributed by atoms with E-state index < -0.39 is 13.9 Å². The van der Waals surface area contributed by atoms with Gasteiger partial charge in [-0.1, -0.05) is 59.1 Å². The van der Waals surface area contributed by atoms with Crippen molar-refractivity contribution in [3.8, 4) is 23.0 Å². The lowest BCUT2D eigenvalue weighted by atomic mass is 10.0. The molecule has 0 aromatic heterocycles. The molecule has 2 aromatic rings. The minimum absolute atomic E-state index is 0.0716. The van der Waals surface area contributed by atoms with Crippen molar-refractivity contribution >= 4 is 30.4 Å². The molecule has 140 valence electrons. The van der Waals surface area contributed by atoms with Gasteiger partial charge in [-0.25, -0.2) is 4.39 Å². The fraction of sp³-hybridized carbons (Fsp3) is 0.429. The van der Waals surface area contributed by atoms with Crippen LogP contribution in [-0.2, 0) is 0 Å². The zero-order chi connectivity index (χ0) is 19.8. The third-order valence-corrected chi connectivity index (χ3v) is 11.9. The summed E-state index contributed by atoms with van der Waals surface area (Å²) in [4.78, 5) is 0. The Morgan fingerprint density at radius 1 is 0.962 bits per heavy atom. The number of rotatable bonds is 3. The summed E-state index contributed by atoms with van der Waals surface area (Å²) >= 11 is 6.04. The van der Waals surface area contributed by atoms with E-state index in [1.165, 1.54) is 18.2 Å². The Hall–Kier alpha value is -1.70. The number of benzene rings is 2. The molecule has 2 N–H and O–H groups in total. The van der Waals surface area contributed by atoms with E-state index in [1.54, 1.807) is 0 Å². The van der Waals surface area contributed by atoms with E-state index in [0.717, 1.165) is 0 Å². The van der Waals surface area contributed by atoms with Gasteiger partial charge in [0, 0.05) is 11.5 Å². The van der Waals surface area contributed by atoms with Crippen molar-refractivity contribution in [1.29, 1.82) is 0 Å². The molecule has 0 aliphatic rings. The van der Waals surface area contributed by atoms with E-state index in [2.05, 4.69) is 53.0 Å². The van der Waals surface area contributed by atoms with E-state index in [0.29, 0.717) is 22.0 Å². The molecule has 2 rings (SSSR count). The standard InChI is InChI=1S/C21H26ClFO2Si/c1-12(2)26(13(3)4,14(5)6)8-7-17-20-15(10-18(22)21(17)23)9-16(24)11-19(20)25/h9-14,24-25H,1-6H3. The molecule has 0 saturated heterocycles. The maximum Gasteiger partial charge on any atom is 0.158 e. The third-order valence-electron chi connectivity index (χ3n) is 5.36. The predicted molar refractivity (Wildman–Crippen MR) is 110 cm³/mol. The number of hydrogen-bond donors (Lipinski definition) is 2. The van der Waals surface area contributed by atoms with E-state index in [-0.39, 0.29) is 27.5 Å². The molecule has 0 fully saturated rings. The number of fused-ring (bicyclic) bond motifs is 1. The van der Waals surface area contributed by atoms with Crippen LogP contribution in [0.15, 0.2) is 18.2 Å². The summed E-state index contributed by atoms with van der Waals surface area (Å²) in [6.07, 6.45) is 0. The molecule has 0 heterocycles. The molecule has 2 aromatic carbocycles. The quantitative estimate of drug-likeness (QED) is 0.455. The van der Waals surface area contributed by atoms with Crippen LogP contribution in [0.1, 0.15) is 47.1 Å². The Balaban J connectivity index is 2.84. The molecule has 0 atom stereocenters. The number of halogens is 2. The Kier molecular flexibility index (Phi) is 5.94. The van der Waals surface area contributed by atoms with Crippen LogP contribution in [0.25, 0.3) is 10.8 Å². The zero-order valence-electron chi connectivity index (χ0n) is 16.1. The molecule has 0 bridgehead atoms. The van der Waals surface area contributed by atoms with Crippen molar-refractivity contribution in [1.82, 2.24) is 0 Å². The highest BCUT2D eigenvalue weighted by Gasteiger charge is 2.41. The Bertz CT molecular complexity index is 873. The first-order chi connectivity index (χ1) is 12.0. The zero-order valence-corrected chi connectivity index (χ0v) is 17.9. The van der Waals surface area contributed by atoms with Gasteiger partial charge in [-0.15, -0.1) is 5.54 Å². The van der Waals surface area contributed by atoms with Gasteiger partial charge in [-0.3, -0.25) is 0 Å². The van der Waals surface area contributed by atoms with E-state index in [4.69, 9.17) is 11.6 Å². The fourth-order valence-corrected chi connectivity index (χ4v) is 9.59. The van der Waals surface area contributed by atoms with Gasteiger partial charge >= 0.3 is 0 Å². The highest BCUT2D eigenvalue weighted by Crippen LogP contribution is 2.41. The van der Waals surface area contributed by atoms with Crippen molar-refractivity contribution in [3.05, 3.63) is 34.6 Å². The summed E-state index contributed by atoms with van der Waals surface area (Å²) in [6, 6.07) is 4.04. The monoisotopic (exact) mass is 392 g/mol. The lowest BCUT2D eigenvalue weighted by molar-refractivity contribution is 0.455. The second-order valence-corrected chi connectivity index (χ2v) is 13.7. The minimum atomic E-state index is -2.07. The Morgan fingerprint density at radius 3 is 2.00 bits per heavy atom. The molecule has 5 heteroatoms. The van der Waals surface area contributed by atoms with Crippen molar-refractivity contribution < 1.29 is 14.6 Å². The van der Waals surface area contributed by atoms with E-state index in [1.807, 2.05) is 0 Å². The second kappa shape index (κ2) is 7.50. The first kappa shape index (κ1) is 20.6. The SMILES string of the molecule is CC(C)[Si](C#Cc1c(F)c(Cl)cc2cc(O)cc(O)c12)(C(C)C)C(C)C. The average molecular weight is 393 g/mol. The molecule has 0 spiro atoms. The molecular formula is C21H26ClFO2Si. The number of hydrogen-bond acceptors (Lipinski definition) is 2. The summed E-state index contributed by atoms with van der Waals surface area (Å²) in [7, 11) is -2.07. The normalized spacial score (nSPS) is 12.1. The molecule has 0 unspecified atom stereocenters. The highest BCUT2D eigenvalue weighted by molar-refractivity contribution is 6.90. The van der Waals surface area contributed by atoms with Crippen LogP contribution in [-0.4, -0.2) is 18.3 Å². The number of phenolic OH excluding ortho intramolecular Hbond substituents is 2. The summed E-state index contributed by atoms with van der Waals surface area (Å²) < 4.78 is 14.8. The van der Waals surface area contributed by atoms with Gasteiger partial charge in [-0.05, 0) is 34.1 Å². The number of phenols is 2. The van der Waals surface area contributed by atoms with Crippen LogP contribution in [0.5, 0.6) is 11.5 Å². The fourth-order valence-electron chi connectivity index (χ4n) is 4.17. The maximum atomic E-state index is 14.8. The van der Waals surface area contributed by atoms with Gasteiger partial charge in [0.1, 0.15) is 19.6 Å². The van der Waals surface area contributed by atoms with Crippen LogP contribution >= 0.6 is 11.6 Å². The first-order valence-electron chi connectivity index (χ1n) is 8.89. The second-order valence-electron chi connectivity index (χ2n) is 7.76. The van der Waals surface area contributed by atoms with Crippen LogP contribution in [0.2, 0.25) is 21.6 Å². The molecule has 0 aliphatic carbocycles. The summed E-state index contributed by atoms with van der Waals surface area (Å²) in [5.41, 5.74) is 4.78. The molecule has 26 heavy (non-hydrogen) atoms. The topological polar surface area (TPSA) is 40.5 Å². The van der Waals surface area contributed by atoms with Gasteiger partial charge in [0.15, 0.2) is 5.82 Å². The van der Waals surface area contributed by atoms with Crippen LogP contribution in [0.4, 0.5) is 4.39 Å². The molecule has 2 nitrogen and oxygen atoms in total. The predicted octanol–water partition coefficient (Wildman–Crippen LogP) is 6.61. The number of aromatic hydroxyl groups is 2. The van der Waals surface area contributed by atoms with Gasteiger partial charge in [-0.2, -0.15) is 0 Å².